The fourth-order valence-corrected chi connectivity index (χ4v) is 3.26. The summed E-state index contributed by atoms with van der Waals surface area (Å²) in [5.41, 5.74) is 1.40. The van der Waals surface area contributed by atoms with Gasteiger partial charge in [-0.15, -0.1) is 0 Å². The van der Waals surface area contributed by atoms with Crippen LogP contribution in [0.2, 0.25) is 0 Å². The maximum atomic E-state index is 4.50. The van der Waals surface area contributed by atoms with Crippen molar-refractivity contribution in [2.75, 3.05) is 20.1 Å². The van der Waals surface area contributed by atoms with Gasteiger partial charge in [-0.25, -0.2) is 0 Å². The van der Waals surface area contributed by atoms with Crippen molar-refractivity contribution in [1.29, 1.82) is 0 Å². The Morgan fingerprint density at radius 2 is 2.21 bits per heavy atom. The van der Waals surface area contributed by atoms with Gasteiger partial charge in [0.1, 0.15) is 0 Å². The van der Waals surface area contributed by atoms with Gasteiger partial charge in [0.2, 0.25) is 0 Å². The number of nitrogens with one attached hydrogen (secondary N) is 1. The Balaban J connectivity index is 1.66. The van der Waals surface area contributed by atoms with Crippen LogP contribution >= 0.6 is 0 Å². The van der Waals surface area contributed by atoms with Crippen LogP contribution in [0.5, 0.6) is 0 Å². The summed E-state index contributed by atoms with van der Waals surface area (Å²) in [6, 6.07) is 1.37. The van der Waals surface area contributed by atoms with Crippen molar-refractivity contribution < 1.29 is 0 Å². The van der Waals surface area contributed by atoms with E-state index < -0.39 is 0 Å². The van der Waals surface area contributed by atoms with Gasteiger partial charge in [-0.1, -0.05) is 6.92 Å². The molecule has 0 bridgehead atoms. The Morgan fingerprint density at radius 3 is 2.95 bits per heavy atom. The first-order valence-electron chi connectivity index (χ1n) is 7.74. The summed E-state index contributed by atoms with van der Waals surface area (Å²) in [5, 5.41) is 8.19. The minimum atomic E-state index is 0.553. The van der Waals surface area contributed by atoms with Gasteiger partial charge in [0, 0.05) is 36.9 Å². The number of aryl methyl sites for hydroxylation is 1. The average Bonchev–Trinajstić information content (AvgIpc) is 3.00. The molecule has 1 saturated carbocycles. The van der Waals surface area contributed by atoms with E-state index in [1.54, 1.807) is 0 Å². The lowest BCUT2D eigenvalue weighted by molar-refractivity contribution is 0.271. The van der Waals surface area contributed by atoms with E-state index in [1.807, 2.05) is 0 Å². The zero-order valence-corrected chi connectivity index (χ0v) is 12.2. The van der Waals surface area contributed by atoms with Gasteiger partial charge < -0.3 is 5.32 Å². The van der Waals surface area contributed by atoms with Gasteiger partial charge in [0.05, 0.1) is 6.20 Å². The number of hydrogen-bond donors (Lipinski definition) is 1. The Bertz CT molecular complexity index is 410. The second-order valence-electron chi connectivity index (χ2n) is 6.19. The van der Waals surface area contributed by atoms with Crippen LogP contribution < -0.4 is 5.32 Å². The van der Waals surface area contributed by atoms with E-state index >= 15 is 0 Å². The monoisotopic (exact) mass is 262 g/mol. The molecule has 1 aromatic rings. The molecule has 2 unspecified atom stereocenters. The maximum Gasteiger partial charge on any atom is 0.0537 e. The summed E-state index contributed by atoms with van der Waals surface area (Å²) < 4.78 is 2.09. The third-order valence-corrected chi connectivity index (χ3v) is 4.47. The van der Waals surface area contributed by atoms with Crippen molar-refractivity contribution in [2.24, 2.45) is 5.92 Å². The van der Waals surface area contributed by atoms with Crippen LogP contribution in [-0.4, -0.2) is 40.9 Å². The molecule has 2 fully saturated rings. The quantitative estimate of drug-likeness (QED) is 0.851. The summed E-state index contributed by atoms with van der Waals surface area (Å²) in [7, 11) is 2.25. The van der Waals surface area contributed by atoms with E-state index in [1.165, 1.54) is 37.9 Å². The van der Waals surface area contributed by atoms with Crippen LogP contribution in [0.4, 0.5) is 0 Å². The molecule has 0 amide bonds. The molecule has 3 rings (SSSR count). The predicted molar refractivity (Wildman–Crippen MR) is 77.0 cm³/mol. The Hall–Kier alpha value is -0.870. The fraction of sp³-hybridized carbons (Fsp3) is 0.800. The molecule has 0 radical (unpaired) electrons. The highest BCUT2D eigenvalue weighted by atomic mass is 15.3. The number of hydrogen-bond acceptors (Lipinski definition) is 3. The molecule has 0 aromatic carbocycles. The van der Waals surface area contributed by atoms with Crippen LogP contribution in [0.25, 0.3) is 0 Å². The van der Waals surface area contributed by atoms with Crippen molar-refractivity contribution >= 4 is 0 Å². The second kappa shape index (κ2) is 5.63. The molecule has 1 aromatic heterocycles. The Kier molecular flexibility index (Phi) is 3.89. The SMILES string of the molecule is CCCn1cc(C2C(CNC3CC3)CCN2C)cn1. The lowest BCUT2D eigenvalue weighted by Crippen LogP contribution is -2.29. The molecule has 19 heavy (non-hydrogen) atoms. The van der Waals surface area contributed by atoms with Gasteiger partial charge >= 0.3 is 0 Å². The van der Waals surface area contributed by atoms with Gasteiger partial charge in [0.25, 0.3) is 0 Å². The first-order chi connectivity index (χ1) is 9.28. The molecule has 106 valence electrons. The zero-order valence-electron chi connectivity index (χ0n) is 12.2. The Labute approximate surface area is 116 Å². The minimum Gasteiger partial charge on any atom is -0.314 e. The fourth-order valence-electron chi connectivity index (χ4n) is 3.26. The van der Waals surface area contributed by atoms with Crippen LogP contribution in [0.3, 0.4) is 0 Å². The topological polar surface area (TPSA) is 33.1 Å². The summed E-state index contributed by atoms with van der Waals surface area (Å²) in [6.45, 7) is 5.60. The number of aromatic nitrogens is 2. The van der Waals surface area contributed by atoms with Gasteiger partial charge in [0.15, 0.2) is 0 Å². The normalized spacial score (nSPS) is 28.1. The van der Waals surface area contributed by atoms with Crippen molar-refractivity contribution in [2.45, 2.75) is 51.2 Å². The molecule has 1 N–H and O–H groups in total. The van der Waals surface area contributed by atoms with Gasteiger partial charge in [-0.3, -0.25) is 9.58 Å². The lowest BCUT2D eigenvalue weighted by atomic mass is 9.96. The van der Waals surface area contributed by atoms with E-state index in [-0.39, 0.29) is 0 Å². The highest BCUT2D eigenvalue weighted by molar-refractivity contribution is 5.14. The largest absolute Gasteiger partial charge is 0.314 e. The van der Waals surface area contributed by atoms with Gasteiger partial charge in [-0.05, 0) is 45.2 Å². The van der Waals surface area contributed by atoms with Crippen molar-refractivity contribution in [3.8, 4) is 0 Å². The van der Waals surface area contributed by atoms with E-state index in [0.29, 0.717) is 6.04 Å². The molecule has 1 aliphatic heterocycles. The van der Waals surface area contributed by atoms with Gasteiger partial charge in [-0.2, -0.15) is 5.10 Å². The molecular weight excluding hydrogens is 236 g/mol. The minimum absolute atomic E-state index is 0.553. The average molecular weight is 262 g/mol. The third-order valence-electron chi connectivity index (χ3n) is 4.47. The van der Waals surface area contributed by atoms with Crippen molar-refractivity contribution in [1.82, 2.24) is 20.0 Å². The number of likely N-dealkylation sites (tertiary alicyclic amines) is 1. The first kappa shape index (κ1) is 13.1. The molecule has 4 heteroatoms. The molecule has 1 saturated heterocycles. The smallest absolute Gasteiger partial charge is 0.0537 e. The molecule has 4 nitrogen and oxygen atoms in total. The highest BCUT2D eigenvalue weighted by Crippen LogP contribution is 2.36. The van der Waals surface area contributed by atoms with Crippen LogP contribution in [0.15, 0.2) is 12.4 Å². The zero-order chi connectivity index (χ0) is 13.2. The van der Waals surface area contributed by atoms with Crippen LogP contribution in [0, 0.1) is 5.92 Å². The highest BCUT2D eigenvalue weighted by Gasteiger charge is 2.34. The molecule has 1 aliphatic carbocycles. The van der Waals surface area contributed by atoms with Crippen LogP contribution in [-0.2, 0) is 6.54 Å². The Morgan fingerprint density at radius 1 is 1.37 bits per heavy atom. The second-order valence-corrected chi connectivity index (χ2v) is 6.19. The number of rotatable bonds is 6. The summed E-state index contributed by atoms with van der Waals surface area (Å²) in [4.78, 5) is 2.49. The first-order valence-corrected chi connectivity index (χ1v) is 7.74. The summed E-state index contributed by atoms with van der Waals surface area (Å²) >= 11 is 0. The van der Waals surface area contributed by atoms with E-state index in [9.17, 15) is 0 Å². The molecule has 2 atom stereocenters. The van der Waals surface area contributed by atoms with E-state index in [0.717, 1.165) is 24.9 Å². The van der Waals surface area contributed by atoms with Crippen molar-refractivity contribution in [3.63, 3.8) is 0 Å². The van der Waals surface area contributed by atoms with E-state index in [4.69, 9.17) is 0 Å². The number of nitrogens with zero attached hydrogens (tertiary/aromatic N) is 3. The standard InChI is InChI=1S/C15H26N4/c1-3-7-19-11-13(10-17-19)15-12(6-8-18(15)2)9-16-14-4-5-14/h10-12,14-16H,3-9H2,1-2H3. The molecule has 0 spiro atoms. The molecular formula is C15H26N4. The molecule has 2 heterocycles. The summed E-state index contributed by atoms with van der Waals surface area (Å²) in [6.07, 6.45) is 9.53. The lowest BCUT2D eigenvalue weighted by Gasteiger charge is -2.24. The van der Waals surface area contributed by atoms with Crippen molar-refractivity contribution in [3.05, 3.63) is 18.0 Å². The molecule has 2 aliphatic rings. The van der Waals surface area contributed by atoms with E-state index in [2.05, 4.69) is 46.4 Å². The third kappa shape index (κ3) is 3.00. The maximum absolute atomic E-state index is 4.50. The summed E-state index contributed by atoms with van der Waals surface area (Å²) in [5.74, 6) is 0.741. The van der Waals surface area contributed by atoms with Crippen LogP contribution in [0.1, 0.15) is 44.2 Å². The predicted octanol–water partition coefficient (Wildman–Crippen LogP) is 2.04.